The molecule has 1 fully saturated rings. The van der Waals surface area contributed by atoms with Crippen molar-refractivity contribution in [2.24, 2.45) is 5.73 Å². The van der Waals surface area contributed by atoms with E-state index < -0.39 is 0 Å². The zero-order valence-corrected chi connectivity index (χ0v) is 11.8. The summed E-state index contributed by atoms with van der Waals surface area (Å²) in [5, 5.41) is 2.44. The smallest absolute Gasteiger partial charge is 0.237 e. The second-order valence-electron chi connectivity index (χ2n) is 5.52. The Labute approximate surface area is 119 Å². The molecule has 3 heteroatoms. The lowest BCUT2D eigenvalue weighted by molar-refractivity contribution is -0.132. The second-order valence-corrected chi connectivity index (χ2v) is 5.52. The lowest BCUT2D eigenvalue weighted by atomic mass is 10.0. The Bertz CT molecular complexity index is 634. The van der Waals surface area contributed by atoms with Gasteiger partial charge < -0.3 is 10.6 Å². The van der Waals surface area contributed by atoms with E-state index in [9.17, 15) is 4.79 Å². The van der Waals surface area contributed by atoms with Gasteiger partial charge in [-0.25, -0.2) is 0 Å². The van der Waals surface area contributed by atoms with Crippen molar-refractivity contribution in [1.29, 1.82) is 0 Å². The molecule has 1 amide bonds. The number of fused-ring (bicyclic) bond motifs is 1. The van der Waals surface area contributed by atoms with Crippen LogP contribution in [0.15, 0.2) is 42.5 Å². The Kier molecular flexibility index (Phi) is 3.45. The molecule has 1 aliphatic rings. The van der Waals surface area contributed by atoms with Crippen LogP contribution in [-0.4, -0.2) is 23.4 Å². The summed E-state index contributed by atoms with van der Waals surface area (Å²) in [4.78, 5) is 14.0. The molecule has 20 heavy (non-hydrogen) atoms. The molecule has 2 N–H and O–H groups in total. The van der Waals surface area contributed by atoms with Gasteiger partial charge in [0, 0.05) is 6.04 Å². The van der Waals surface area contributed by atoms with Crippen molar-refractivity contribution in [1.82, 2.24) is 4.90 Å². The highest BCUT2D eigenvalue weighted by molar-refractivity contribution is 5.83. The van der Waals surface area contributed by atoms with Crippen LogP contribution < -0.4 is 5.73 Å². The molecule has 0 aliphatic heterocycles. The van der Waals surface area contributed by atoms with Gasteiger partial charge in [0.15, 0.2) is 0 Å². The fourth-order valence-corrected chi connectivity index (χ4v) is 2.82. The standard InChI is InChI=1S/C17H20N2O/c1-12(19(16-8-9-16)17(20)11-18)14-7-6-13-4-2-3-5-15(13)10-14/h2-7,10,12,16H,8-9,11,18H2,1H3. The van der Waals surface area contributed by atoms with E-state index in [0.717, 1.165) is 12.8 Å². The van der Waals surface area contributed by atoms with Crippen molar-refractivity contribution in [3.05, 3.63) is 48.0 Å². The normalized spacial score (nSPS) is 16.1. The first-order valence-corrected chi connectivity index (χ1v) is 7.20. The molecule has 0 saturated heterocycles. The molecule has 104 valence electrons. The van der Waals surface area contributed by atoms with Crippen LogP contribution in [0.3, 0.4) is 0 Å². The van der Waals surface area contributed by atoms with Crippen LogP contribution in [0.2, 0.25) is 0 Å². The van der Waals surface area contributed by atoms with Crippen molar-refractivity contribution in [2.45, 2.75) is 31.8 Å². The first kappa shape index (κ1) is 13.1. The Morgan fingerprint density at radius 3 is 2.60 bits per heavy atom. The van der Waals surface area contributed by atoms with Gasteiger partial charge in [-0.3, -0.25) is 4.79 Å². The number of amides is 1. The van der Waals surface area contributed by atoms with E-state index in [0.29, 0.717) is 6.04 Å². The highest BCUT2D eigenvalue weighted by Crippen LogP contribution is 2.35. The summed E-state index contributed by atoms with van der Waals surface area (Å²) in [6.07, 6.45) is 2.20. The molecule has 2 aromatic carbocycles. The third-order valence-electron chi connectivity index (χ3n) is 4.08. The van der Waals surface area contributed by atoms with Gasteiger partial charge in [-0.15, -0.1) is 0 Å². The third-order valence-corrected chi connectivity index (χ3v) is 4.08. The molecule has 0 spiro atoms. The number of hydrogen-bond donors (Lipinski definition) is 1. The molecule has 0 bridgehead atoms. The number of nitrogens with two attached hydrogens (primary N) is 1. The van der Waals surface area contributed by atoms with E-state index in [1.54, 1.807) is 0 Å². The minimum atomic E-state index is 0.0492. The van der Waals surface area contributed by atoms with Crippen molar-refractivity contribution in [3.63, 3.8) is 0 Å². The average Bonchev–Trinajstić information content (AvgIpc) is 3.31. The Morgan fingerprint density at radius 1 is 1.25 bits per heavy atom. The summed E-state index contributed by atoms with van der Waals surface area (Å²) < 4.78 is 0. The van der Waals surface area contributed by atoms with E-state index in [2.05, 4.69) is 37.3 Å². The predicted molar refractivity (Wildman–Crippen MR) is 81.3 cm³/mol. The van der Waals surface area contributed by atoms with Crippen LogP contribution in [0, 0.1) is 0 Å². The molecule has 2 aromatic rings. The molecular formula is C17H20N2O. The van der Waals surface area contributed by atoms with E-state index in [-0.39, 0.29) is 18.5 Å². The van der Waals surface area contributed by atoms with Crippen LogP contribution in [0.1, 0.15) is 31.4 Å². The number of benzene rings is 2. The quantitative estimate of drug-likeness (QED) is 0.926. The molecule has 3 nitrogen and oxygen atoms in total. The van der Waals surface area contributed by atoms with E-state index in [1.807, 2.05) is 17.0 Å². The van der Waals surface area contributed by atoms with Gasteiger partial charge in [0.2, 0.25) is 5.91 Å². The highest BCUT2D eigenvalue weighted by Gasteiger charge is 2.35. The summed E-state index contributed by atoms with van der Waals surface area (Å²) in [5.41, 5.74) is 6.73. The summed E-state index contributed by atoms with van der Waals surface area (Å²) in [6.45, 7) is 2.18. The van der Waals surface area contributed by atoms with Crippen molar-refractivity contribution >= 4 is 16.7 Å². The summed E-state index contributed by atoms with van der Waals surface area (Å²) in [5.74, 6) is 0.0492. The predicted octanol–water partition coefficient (Wildman–Crippen LogP) is 2.85. The largest absolute Gasteiger partial charge is 0.332 e. The summed E-state index contributed by atoms with van der Waals surface area (Å²) in [6, 6.07) is 15.2. The SMILES string of the molecule is CC(c1ccc2ccccc2c1)N(C(=O)CN)C1CC1. The molecule has 1 saturated carbocycles. The topological polar surface area (TPSA) is 46.3 Å². The van der Waals surface area contributed by atoms with Crippen LogP contribution >= 0.6 is 0 Å². The number of carbonyl (C=O) groups is 1. The van der Waals surface area contributed by atoms with Gasteiger partial charge in [-0.2, -0.15) is 0 Å². The Balaban J connectivity index is 1.93. The van der Waals surface area contributed by atoms with Gasteiger partial charge in [0.05, 0.1) is 12.6 Å². The number of rotatable bonds is 4. The molecule has 0 aromatic heterocycles. The van der Waals surface area contributed by atoms with E-state index in [1.165, 1.54) is 16.3 Å². The van der Waals surface area contributed by atoms with E-state index >= 15 is 0 Å². The average molecular weight is 268 g/mol. The van der Waals surface area contributed by atoms with Gasteiger partial charge in [-0.05, 0) is 42.2 Å². The van der Waals surface area contributed by atoms with E-state index in [4.69, 9.17) is 5.73 Å². The van der Waals surface area contributed by atoms with Crippen LogP contribution in [0.25, 0.3) is 10.8 Å². The van der Waals surface area contributed by atoms with Crippen molar-refractivity contribution in [3.8, 4) is 0 Å². The molecule has 1 unspecified atom stereocenters. The van der Waals surface area contributed by atoms with Gasteiger partial charge in [-0.1, -0.05) is 36.4 Å². The molecule has 1 aliphatic carbocycles. The van der Waals surface area contributed by atoms with Crippen LogP contribution in [-0.2, 0) is 4.79 Å². The fourth-order valence-electron chi connectivity index (χ4n) is 2.82. The molecular weight excluding hydrogens is 248 g/mol. The Hall–Kier alpha value is -1.87. The highest BCUT2D eigenvalue weighted by atomic mass is 16.2. The summed E-state index contributed by atoms with van der Waals surface area (Å²) >= 11 is 0. The van der Waals surface area contributed by atoms with Crippen LogP contribution in [0.4, 0.5) is 0 Å². The zero-order valence-electron chi connectivity index (χ0n) is 11.8. The zero-order chi connectivity index (χ0) is 14.1. The fraction of sp³-hybridized carbons (Fsp3) is 0.353. The maximum absolute atomic E-state index is 12.1. The minimum Gasteiger partial charge on any atom is -0.332 e. The van der Waals surface area contributed by atoms with Gasteiger partial charge in [0.1, 0.15) is 0 Å². The van der Waals surface area contributed by atoms with Gasteiger partial charge >= 0.3 is 0 Å². The molecule has 3 rings (SSSR count). The first-order chi connectivity index (χ1) is 9.70. The number of hydrogen-bond acceptors (Lipinski definition) is 2. The number of nitrogens with zero attached hydrogens (tertiary/aromatic N) is 1. The van der Waals surface area contributed by atoms with Crippen molar-refractivity contribution < 1.29 is 4.79 Å². The van der Waals surface area contributed by atoms with Crippen molar-refractivity contribution in [2.75, 3.05) is 6.54 Å². The third kappa shape index (κ3) is 2.41. The molecule has 1 atom stereocenters. The molecule has 0 heterocycles. The summed E-state index contributed by atoms with van der Waals surface area (Å²) in [7, 11) is 0. The maximum Gasteiger partial charge on any atom is 0.237 e. The number of carbonyl (C=O) groups excluding carboxylic acids is 1. The van der Waals surface area contributed by atoms with Gasteiger partial charge in [0.25, 0.3) is 0 Å². The maximum atomic E-state index is 12.1. The monoisotopic (exact) mass is 268 g/mol. The second kappa shape index (κ2) is 5.25. The van der Waals surface area contributed by atoms with Crippen LogP contribution in [0.5, 0.6) is 0 Å². The molecule has 0 radical (unpaired) electrons. The lowest BCUT2D eigenvalue weighted by Gasteiger charge is -2.29. The first-order valence-electron chi connectivity index (χ1n) is 7.20. The minimum absolute atomic E-state index is 0.0492. The Morgan fingerprint density at radius 2 is 1.95 bits per heavy atom. The lowest BCUT2D eigenvalue weighted by Crippen LogP contribution is -2.39.